The van der Waals surface area contributed by atoms with E-state index in [-0.39, 0.29) is 11.6 Å². The number of aromatic carboxylic acids is 1. The van der Waals surface area contributed by atoms with Crippen molar-refractivity contribution < 1.29 is 9.90 Å². The van der Waals surface area contributed by atoms with Crippen molar-refractivity contribution in [2.75, 3.05) is 4.72 Å². The van der Waals surface area contributed by atoms with Crippen molar-refractivity contribution in [3.8, 4) is 11.3 Å². The predicted octanol–water partition coefficient (Wildman–Crippen LogP) is 5.88. The molecule has 3 rings (SSSR count). The molecule has 0 saturated carbocycles. The largest absolute Gasteiger partial charge is 0.478 e. The monoisotopic (exact) mass is 464 g/mol. The minimum atomic E-state index is -0.953. The molecule has 6 nitrogen and oxygen atoms in total. The lowest BCUT2D eigenvalue weighted by atomic mass is 9.97. The van der Waals surface area contributed by atoms with Gasteiger partial charge in [-0.2, -0.15) is 0 Å². The van der Waals surface area contributed by atoms with E-state index < -0.39 is 5.97 Å². The molecule has 0 bridgehead atoms. The highest BCUT2D eigenvalue weighted by Crippen LogP contribution is 2.28. The number of nitrogens with zero attached hydrogens (tertiary/aromatic N) is 2. The van der Waals surface area contributed by atoms with E-state index in [1.807, 2.05) is 12.1 Å². The Hall–Kier alpha value is -2.90. The average Bonchev–Trinajstić information content (AvgIpc) is 2.76. The van der Waals surface area contributed by atoms with E-state index in [1.165, 1.54) is 11.9 Å². The van der Waals surface area contributed by atoms with E-state index in [0.717, 1.165) is 52.2 Å². The first-order valence-corrected chi connectivity index (χ1v) is 12.0. The standard InChI is InChI=1S/C26H32N4O2S/c1-16(2)13-20(27)11-12-21-15-23(24-17(3)7-5-8-18(24)4)29-26(28-21)30-33-22-10-6-9-19(14-22)25(31)32/h5-10,14-16,20H,11-13,27H2,1-4H3,(H,31,32)(H,28,29,30). The van der Waals surface area contributed by atoms with Gasteiger partial charge in [0, 0.05) is 22.2 Å². The van der Waals surface area contributed by atoms with Gasteiger partial charge in [0.25, 0.3) is 0 Å². The maximum absolute atomic E-state index is 11.3. The number of hydrogen-bond acceptors (Lipinski definition) is 6. The molecule has 3 aromatic rings. The second-order valence-corrected chi connectivity index (χ2v) is 9.68. The third kappa shape index (κ3) is 7.04. The predicted molar refractivity (Wildman–Crippen MR) is 136 cm³/mol. The molecule has 0 fully saturated rings. The molecule has 33 heavy (non-hydrogen) atoms. The Balaban J connectivity index is 1.88. The van der Waals surface area contributed by atoms with Crippen LogP contribution in [0.25, 0.3) is 11.3 Å². The van der Waals surface area contributed by atoms with Crippen LogP contribution in [0.15, 0.2) is 53.4 Å². The number of aromatic nitrogens is 2. The van der Waals surface area contributed by atoms with Crippen LogP contribution in [0.5, 0.6) is 0 Å². The van der Waals surface area contributed by atoms with Gasteiger partial charge >= 0.3 is 5.97 Å². The van der Waals surface area contributed by atoms with Crippen molar-refractivity contribution in [2.24, 2.45) is 11.7 Å². The summed E-state index contributed by atoms with van der Waals surface area (Å²) in [7, 11) is 0. The molecular weight excluding hydrogens is 432 g/mol. The molecule has 0 saturated heterocycles. The zero-order chi connectivity index (χ0) is 24.0. The van der Waals surface area contributed by atoms with E-state index >= 15 is 0 Å². The smallest absolute Gasteiger partial charge is 0.335 e. The molecule has 0 aliphatic rings. The average molecular weight is 465 g/mol. The number of carboxylic acids is 1. The number of anilines is 1. The molecule has 2 aromatic carbocycles. The van der Waals surface area contributed by atoms with Crippen molar-refractivity contribution >= 4 is 23.9 Å². The van der Waals surface area contributed by atoms with Gasteiger partial charge in [-0.15, -0.1) is 0 Å². The highest BCUT2D eigenvalue weighted by molar-refractivity contribution is 8.00. The third-order valence-corrected chi connectivity index (χ3v) is 6.18. The van der Waals surface area contributed by atoms with E-state index in [2.05, 4.69) is 50.6 Å². The summed E-state index contributed by atoms with van der Waals surface area (Å²) in [6.07, 6.45) is 2.60. The molecule has 1 heterocycles. The quantitative estimate of drug-likeness (QED) is 0.322. The van der Waals surface area contributed by atoms with Crippen molar-refractivity contribution in [3.05, 3.63) is 70.9 Å². The maximum atomic E-state index is 11.3. The first kappa shape index (κ1) is 24.7. The molecule has 4 N–H and O–H groups in total. The fourth-order valence-electron chi connectivity index (χ4n) is 3.87. The van der Waals surface area contributed by atoms with Crippen LogP contribution >= 0.6 is 11.9 Å². The summed E-state index contributed by atoms with van der Waals surface area (Å²) in [4.78, 5) is 21.6. The number of carbonyl (C=O) groups is 1. The van der Waals surface area contributed by atoms with E-state index in [1.54, 1.807) is 18.2 Å². The number of nitrogens with one attached hydrogen (secondary N) is 1. The Morgan fingerprint density at radius 3 is 2.45 bits per heavy atom. The van der Waals surface area contributed by atoms with Gasteiger partial charge in [0.05, 0.1) is 11.3 Å². The highest BCUT2D eigenvalue weighted by atomic mass is 32.2. The Morgan fingerprint density at radius 1 is 1.09 bits per heavy atom. The lowest BCUT2D eigenvalue weighted by molar-refractivity contribution is 0.0696. The minimum absolute atomic E-state index is 0.133. The van der Waals surface area contributed by atoms with Gasteiger partial charge in [-0.05, 0) is 86.4 Å². The molecule has 7 heteroatoms. The van der Waals surface area contributed by atoms with Gasteiger partial charge < -0.3 is 10.8 Å². The minimum Gasteiger partial charge on any atom is -0.478 e. The van der Waals surface area contributed by atoms with Gasteiger partial charge in [-0.3, -0.25) is 4.72 Å². The van der Waals surface area contributed by atoms with Crippen molar-refractivity contribution in [3.63, 3.8) is 0 Å². The molecule has 1 unspecified atom stereocenters. The second kappa shape index (κ2) is 11.3. The van der Waals surface area contributed by atoms with Crippen LogP contribution in [0.2, 0.25) is 0 Å². The zero-order valence-corrected chi connectivity index (χ0v) is 20.4. The number of carboxylic acid groups (broad SMARTS) is 1. The molecule has 0 amide bonds. The normalized spacial score (nSPS) is 12.1. The lowest BCUT2D eigenvalue weighted by Gasteiger charge is -2.15. The van der Waals surface area contributed by atoms with E-state index in [4.69, 9.17) is 15.7 Å². The highest BCUT2D eigenvalue weighted by Gasteiger charge is 2.13. The molecule has 0 spiro atoms. The van der Waals surface area contributed by atoms with Crippen molar-refractivity contribution in [2.45, 2.75) is 57.9 Å². The first-order chi connectivity index (χ1) is 15.7. The SMILES string of the molecule is Cc1cccc(C)c1-c1cc(CCC(N)CC(C)C)nc(NSc2cccc(C(=O)O)c2)n1. The number of benzene rings is 2. The van der Waals surface area contributed by atoms with E-state index in [9.17, 15) is 9.90 Å². The summed E-state index contributed by atoms with van der Waals surface area (Å²) in [5, 5.41) is 9.24. The lowest BCUT2D eigenvalue weighted by Crippen LogP contribution is -2.23. The second-order valence-electron chi connectivity index (χ2n) is 8.80. The molecule has 0 aliphatic carbocycles. The van der Waals surface area contributed by atoms with Crippen molar-refractivity contribution in [1.29, 1.82) is 0 Å². The van der Waals surface area contributed by atoms with Crippen LogP contribution in [0, 0.1) is 19.8 Å². The summed E-state index contributed by atoms with van der Waals surface area (Å²) < 4.78 is 3.21. The first-order valence-electron chi connectivity index (χ1n) is 11.2. The Morgan fingerprint density at radius 2 is 1.79 bits per heavy atom. The molecule has 174 valence electrons. The van der Waals surface area contributed by atoms with Gasteiger partial charge in [0.1, 0.15) is 0 Å². The Bertz CT molecular complexity index is 1100. The van der Waals surface area contributed by atoms with Crippen LogP contribution in [-0.2, 0) is 6.42 Å². The Labute approximate surface area is 200 Å². The van der Waals surface area contributed by atoms with Crippen LogP contribution in [0.4, 0.5) is 5.95 Å². The maximum Gasteiger partial charge on any atom is 0.335 e. The fraction of sp³-hybridized carbons (Fsp3) is 0.346. The number of nitrogens with two attached hydrogens (primary N) is 1. The van der Waals surface area contributed by atoms with Crippen LogP contribution in [0.1, 0.15) is 53.9 Å². The summed E-state index contributed by atoms with van der Waals surface area (Å²) in [6.45, 7) is 8.54. The third-order valence-electron chi connectivity index (χ3n) is 5.40. The summed E-state index contributed by atoms with van der Waals surface area (Å²) in [5.74, 6) is 0.102. The molecule has 0 radical (unpaired) electrons. The van der Waals surface area contributed by atoms with E-state index in [0.29, 0.717) is 11.9 Å². The van der Waals surface area contributed by atoms with Gasteiger partial charge in [-0.1, -0.05) is 38.1 Å². The molecule has 0 aliphatic heterocycles. The Kier molecular flexibility index (Phi) is 8.47. The zero-order valence-electron chi connectivity index (χ0n) is 19.6. The van der Waals surface area contributed by atoms with Gasteiger partial charge in [-0.25, -0.2) is 14.8 Å². The molecule has 1 aromatic heterocycles. The molecular formula is C26H32N4O2S. The van der Waals surface area contributed by atoms with Gasteiger partial charge in [0.15, 0.2) is 0 Å². The molecule has 1 atom stereocenters. The number of hydrogen-bond donors (Lipinski definition) is 3. The number of rotatable bonds is 10. The summed E-state index contributed by atoms with van der Waals surface area (Å²) in [5.41, 5.74) is 11.8. The fourth-order valence-corrected chi connectivity index (χ4v) is 4.50. The van der Waals surface area contributed by atoms with Gasteiger partial charge in [0.2, 0.25) is 5.95 Å². The van der Waals surface area contributed by atoms with Crippen LogP contribution in [-0.4, -0.2) is 27.1 Å². The summed E-state index contributed by atoms with van der Waals surface area (Å²) >= 11 is 1.30. The van der Waals surface area contributed by atoms with Crippen LogP contribution < -0.4 is 10.5 Å². The van der Waals surface area contributed by atoms with Crippen molar-refractivity contribution in [1.82, 2.24) is 9.97 Å². The van der Waals surface area contributed by atoms with Crippen LogP contribution in [0.3, 0.4) is 0 Å². The topological polar surface area (TPSA) is 101 Å². The summed E-state index contributed by atoms with van der Waals surface area (Å²) in [6, 6.07) is 15.2. The number of aryl methyl sites for hydroxylation is 3.